The van der Waals surface area contributed by atoms with E-state index < -0.39 is 0 Å². The number of nitrogens with zero attached hydrogens (tertiary/aromatic N) is 2. The first-order valence-electron chi connectivity index (χ1n) is 11.3. The topological polar surface area (TPSA) is 87.9 Å². The van der Waals surface area contributed by atoms with Gasteiger partial charge in [0.25, 0.3) is 0 Å². The first-order valence-corrected chi connectivity index (χ1v) is 12.9. The van der Waals surface area contributed by atoms with E-state index in [1.54, 1.807) is 11.9 Å². The van der Waals surface area contributed by atoms with Crippen molar-refractivity contribution in [3.8, 4) is 0 Å². The van der Waals surface area contributed by atoms with Crippen molar-refractivity contribution in [2.45, 2.75) is 30.6 Å². The standard InChI is InChI=1S/C24H31BrN6S/c25-20-6-2-4-8-22(20)32-29-16-18-11-9-17(10-12-18)15-28-24-30-21-7-3-1-5-19(21)23(31-24)27-14-13-26/h1-8,17-18,29H,9-16,26H2,(H2,27,28,30,31). The molecule has 6 nitrogen and oxygen atoms in total. The van der Waals surface area contributed by atoms with Crippen molar-refractivity contribution in [3.05, 3.63) is 53.0 Å². The number of rotatable bonds is 10. The SMILES string of the molecule is NCCNc1nc(NCC2CCC(CNSc3ccccc3Br)CC2)nc2ccccc12. The van der Waals surface area contributed by atoms with Crippen LogP contribution in [0.15, 0.2) is 57.9 Å². The third-order valence-corrected chi connectivity index (χ3v) is 7.79. The molecule has 0 radical (unpaired) electrons. The molecule has 32 heavy (non-hydrogen) atoms. The highest BCUT2D eigenvalue weighted by atomic mass is 79.9. The largest absolute Gasteiger partial charge is 0.368 e. The number of anilines is 2. The van der Waals surface area contributed by atoms with Gasteiger partial charge in [0.2, 0.25) is 5.95 Å². The molecular weight excluding hydrogens is 484 g/mol. The summed E-state index contributed by atoms with van der Waals surface area (Å²) >= 11 is 5.33. The van der Waals surface area contributed by atoms with E-state index >= 15 is 0 Å². The summed E-state index contributed by atoms with van der Waals surface area (Å²) in [6.45, 7) is 3.23. The second kappa shape index (κ2) is 11.8. The minimum absolute atomic E-state index is 0.570. The number of halogens is 1. The molecule has 1 aromatic heterocycles. The van der Waals surface area contributed by atoms with Crippen LogP contribution < -0.4 is 21.1 Å². The molecule has 5 N–H and O–H groups in total. The molecule has 0 unspecified atom stereocenters. The van der Waals surface area contributed by atoms with E-state index in [0.717, 1.165) is 40.2 Å². The quantitative estimate of drug-likeness (QED) is 0.273. The van der Waals surface area contributed by atoms with Crippen LogP contribution in [0.1, 0.15) is 25.7 Å². The van der Waals surface area contributed by atoms with E-state index in [9.17, 15) is 0 Å². The molecule has 0 aliphatic heterocycles. The molecule has 4 rings (SSSR count). The summed E-state index contributed by atoms with van der Waals surface area (Å²) in [6.07, 6.45) is 5.01. The van der Waals surface area contributed by atoms with Gasteiger partial charge < -0.3 is 16.4 Å². The van der Waals surface area contributed by atoms with Crippen molar-refractivity contribution in [1.82, 2.24) is 14.7 Å². The fourth-order valence-electron chi connectivity index (χ4n) is 4.12. The molecule has 3 aromatic rings. The predicted octanol–water partition coefficient (Wildman–Crippen LogP) is 5.28. The zero-order valence-corrected chi connectivity index (χ0v) is 20.6. The monoisotopic (exact) mass is 514 g/mol. The van der Waals surface area contributed by atoms with Gasteiger partial charge in [-0.3, -0.25) is 4.72 Å². The van der Waals surface area contributed by atoms with Crippen LogP contribution in [0.4, 0.5) is 11.8 Å². The second-order valence-corrected chi connectivity index (χ2v) is 10.1. The smallest absolute Gasteiger partial charge is 0.225 e. The number of benzene rings is 2. The maximum Gasteiger partial charge on any atom is 0.225 e. The summed E-state index contributed by atoms with van der Waals surface area (Å²) in [5, 5.41) is 7.85. The summed E-state index contributed by atoms with van der Waals surface area (Å²) in [7, 11) is 0. The number of aromatic nitrogens is 2. The van der Waals surface area contributed by atoms with Crippen LogP contribution >= 0.6 is 27.9 Å². The van der Waals surface area contributed by atoms with Crippen LogP contribution in [0.25, 0.3) is 10.9 Å². The van der Waals surface area contributed by atoms with Gasteiger partial charge >= 0.3 is 0 Å². The summed E-state index contributed by atoms with van der Waals surface area (Å²) in [6, 6.07) is 16.4. The Hall–Kier alpha value is -1.87. The van der Waals surface area contributed by atoms with Gasteiger partial charge in [0.05, 0.1) is 5.52 Å². The van der Waals surface area contributed by atoms with Gasteiger partial charge in [-0.25, -0.2) is 4.98 Å². The Kier molecular flexibility index (Phi) is 8.62. The molecule has 0 spiro atoms. The van der Waals surface area contributed by atoms with Crippen LogP contribution in [0.3, 0.4) is 0 Å². The Morgan fingerprint density at radius 1 is 0.906 bits per heavy atom. The first-order chi connectivity index (χ1) is 15.7. The lowest BCUT2D eigenvalue weighted by atomic mass is 9.82. The lowest BCUT2D eigenvalue weighted by Crippen LogP contribution is -2.26. The van der Waals surface area contributed by atoms with Crippen LogP contribution in [-0.2, 0) is 0 Å². The maximum atomic E-state index is 5.66. The van der Waals surface area contributed by atoms with Gasteiger partial charge in [-0.1, -0.05) is 24.3 Å². The number of fused-ring (bicyclic) bond motifs is 1. The van der Waals surface area contributed by atoms with Gasteiger partial charge in [0.15, 0.2) is 0 Å². The number of hydrogen-bond donors (Lipinski definition) is 4. The molecule has 0 saturated heterocycles. The van der Waals surface area contributed by atoms with Crippen molar-refractivity contribution in [2.75, 3.05) is 36.8 Å². The highest BCUT2D eigenvalue weighted by Gasteiger charge is 2.21. The highest BCUT2D eigenvalue weighted by molar-refractivity contribution is 9.10. The summed E-state index contributed by atoms with van der Waals surface area (Å²) < 4.78 is 4.70. The molecule has 1 saturated carbocycles. The molecule has 1 aliphatic rings. The van der Waals surface area contributed by atoms with E-state index in [0.29, 0.717) is 25.0 Å². The first kappa shape index (κ1) is 23.3. The number of nitrogens with two attached hydrogens (primary N) is 1. The van der Waals surface area contributed by atoms with E-state index in [1.165, 1.54) is 30.6 Å². The zero-order chi connectivity index (χ0) is 22.2. The third-order valence-electron chi connectivity index (χ3n) is 5.95. The normalized spacial score (nSPS) is 18.6. The summed E-state index contributed by atoms with van der Waals surface area (Å²) in [5.74, 6) is 2.95. The third kappa shape index (κ3) is 6.34. The molecule has 0 bridgehead atoms. The van der Waals surface area contributed by atoms with E-state index in [4.69, 9.17) is 15.7 Å². The predicted molar refractivity (Wildman–Crippen MR) is 139 cm³/mol. The van der Waals surface area contributed by atoms with Gasteiger partial charge in [-0.05, 0) is 89.7 Å². The fourth-order valence-corrected chi connectivity index (χ4v) is 5.44. The molecule has 2 aromatic carbocycles. The minimum Gasteiger partial charge on any atom is -0.368 e. The maximum absolute atomic E-state index is 5.66. The zero-order valence-electron chi connectivity index (χ0n) is 18.2. The summed E-state index contributed by atoms with van der Waals surface area (Å²) in [4.78, 5) is 10.7. The Balaban J connectivity index is 1.24. The second-order valence-electron chi connectivity index (χ2n) is 8.28. The summed E-state index contributed by atoms with van der Waals surface area (Å²) in [5.41, 5.74) is 6.61. The Morgan fingerprint density at radius 2 is 1.62 bits per heavy atom. The van der Waals surface area contributed by atoms with Gasteiger partial charge in [0.1, 0.15) is 5.82 Å². The average molecular weight is 516 g/mol. The van der Waals surface area contributed by atoms with E-state index in [2.05, 4.69) is 49.5 Å². The van der Waals surface area contributed by atoms with Crippen molar-refractivity contribution in [1.29, 1.82) is 0 Å². The van der Waals surface area contributed by atoms with Gasteiger partial charge in [-0.2, -0.15) is 4.98 Å². The van der Waals surface area contributed by atoms with Crippen molar-refractivity contribution in [3.63, 3.8) is 0 Å². The van der Waals surface area contributed by atoms with Gasteiger partial charge in [-0.15, -0.1) is 0 Å². The minimum atomic E-state index is 0.570. The van der Waals surface area contributed by atoms with Gasteiger partial charge in [0, 0.05) is 40.9 Å². The van der Waals surface area contributed by atoms with Crippen LogP contribution in [0, 0.1) is 11.8 Å². The number of nitrogens with one attached hydrogen (secondary N) is 3. The number of hydrogen-bond acceptors (Lipinski definition) is 7. The molecule has 8 heteroatoms. The van der Waals surface area contributed by atoms with Crippen molar-refractivity contribution in [2.24, 2.45) is 17.6 Å². The molecule has 170 valence electrons. The van der Waals surface area contributed by atoms with Crippen LogP contribution in [0.5, 0.6) is 0 Å². The lowest BCUT2D eigenvalue weighted by molar-refractivity contribution is 0.285. The Labute approximate surface area is 202 Å². The molecular formula is C24H31BrN6S. The fraction of sp³-hybridized carbons (Fsp3) is 0.417. The lowest BCUT2D eigenvalue weighted by Gasteiger charge is -2.28. The Bertz CT molecular complexity index is 1010. The molecule has 0 atom stereocenters. The highest BCUT2D eigenvalue weighted by Crippen LogP contribution is 2.30. The van der Waals surface area contributed by atoms with Crippen molar-refractivity contribution < 1.29 is 0 Å². The van der Waals surface area contributed by atoms with Crippen LogP contribution in [0.2, 0.25) is 0 Å². The Morgan fingerprint density at radius 3 is 2.41 bits per heavy atom. The van der Waals surface area contributed by atoms with Crippen LogP contribution in [-0.4, -0.2) is 36.1 Å². The molecule has 1 heterocycles. The molecule has 1 fully saturated rings. The van der Waals surface area contributed by atoms with E-state index in [1.807, 2.05) is 30.3 Å². The molecule has 0 amide bonds. The average Bonchev–Trinajstić information content (AvgIpc) is 2.83. The molecule has 1 aliphatic carbocycles. The number of para-hydroxylation sites is 1. The van der Waals surface area contributed by atoms with Crippen molar-refractivity contribution >= 4 is 50.5 Å². The van der Waals surface area contributed by atoms with E-state index in [-0.39, 0.29) is 0 Å².